The lowest BCUT2D eigenvalue weighted by Crippen LogP contribution is -2.57. The predicted molar refractivity (Wildman–Crippen MR) is 131 cm³/mol. The van der Waals surface area contributed by atoms with Gasteiger partial charge in [-0.1, -0.05) is 32.4 Å². The first-order valence-electron chi connectivity index (χ1n) is 12.1. The van der Waals surface area contributed by atoms with Crippen LogP contribution in [-0.2, 0) is 14.3 Å². The largest absolute Gasteiger partial charge is 0.508 e. The van der Waals surface area contributed by atoms with Crippen molar-refractivity contribution in [3.8, 4) is 5.75 Å². The number of amides is 3. The van der Waals surface area contributed by atoms with E-state index in [1.807, 2.05) is 34.6 Å². The van der Waals surface area contributed by atoms with Crippen LogP contribution in [0.15, 0.2) is 24.3 Å². The number of phenols is 1. The third-order valence-electron chi connectivity index (χ3n) is 5.56. The van der Waals surface area contributed by atoms with Crippen LogP contribution in [0.3, 0.4) is 0 Å². The summed E-state index contributed by atoms with van der Waals surface area (Å²) < 4.78 is 5.41. The molecule has 1 aromatic rings. The zero-order chi connectivity index (χ0) is 25.8. The van der Waals surface area contributed by atoms with E-state index in [2.05, 4.69) is 10.6 Å². The Morgan fingerprint density at radius 2 is 1.76 bits per heavy atom. The molecular weight excluding hydrogens is 434 g/mol. The highest BCUT2D eigenvalue weighted by atomic mass is 16.6. The van der Waals surface area contributed by atoms with E-state index in [1.54, 1.807) is 37.8 Å². The number of ether oxygens (including phenoxy) is 1. The maximum absolute atomic E-state index is 14.0. The Kier molecular flexibility index (Phi) is 8.61. The molecule has 1 aliphatic rings. The van der Waals surface area contributed by atoms with E-state index in [0.717, 1.165) is 12.8 Å². The first kappa shape index (κ1) is 27.5. The first-order valence-corrected chi connectivity index (χ1v) is 12.1. The Labute approximate surface area is 203 Å². The summed E-state index contributed by atoms with van der Waals surface area (Å²) in [5.41, 5.74) is -0.711. The topological polar surface area (TPSA) is 108 Å². The van der Waals surface area contributed by atoms with E-state index < -0.39 is 29.3 Å². The highest BCUT2D eigenvalue weighted by Crippen LogP contribution is 2.37. The third-order valence-corrected chi connectivity index (χ3v) is 5.56. The summed E-state index contributed by atoms with van der Waals surface area (Å²) in [6, 6.07) is 4.49. The van der Waals surface area contributed by atoms with E-state index >= 15 is 0 Å². The maximum Gasteiger partial charge on any atom is 0.408 e. The third kappa shape index (κ3) is 7.92. The molecule has 0 heterocycles. The van der Waals surface area contributed by atoms with Gasteiger partial charge in [-0.2, -0.15) is 0 Å². The number of phenolic OH excluding ortho intramolecular Hbond substituents is 1. The standard InChI is InChI=1S/C26H41N3O5/c1-9-16(2)20(27-24(33)34-26(6,7)8)23(32)29(18-13-14-18)21(22(31)28-25(3,4)5)17-11-10-12-19(30)15-17/h10-12,15-16,18,20-21,30H,9,13-14H2,1-8H3,(H,27,33)(H,28,31). The molecule has 1 fully saturated rings. The predicted octanol–water partition coefficient (Wildman–Crippen LogP) is 4.28. The lowest BCUT2D eigenvalue weighted by molar-refractivity contribution is -0.144. The van der Waals surface area contributed by atoms with Crippen LogP contribution >= 0.6 is 0 Å². The van der Waals surface area contributed by atoms with E-state index in [0.29, 0.717) is 12.0 Å². The number of benzene rings is 1. The van der Waals surface area contributed by atoms with Crippen molar-refractivity contribution < 1.29 is 24.2 Å². The SMILES string of the molecule is CCC(C)C(NC(=O)OC(C)(C)C)C(=O)N(C1CC1)C(C(=O)NC(C)(C)C)c1cccc(O)c1. The Hall–Kier alpha value is -2.77. The van der Waals surface area contributed by atoms with Crippen molar-refractivity contribution in [3.63, 3.8) is 0 Å². The first-order chi connectivity index (χ1) is 15.6. The Bertz CT molecular complexity index is 883. The minimum absolute atomic E-state index is 0.0135. The summed E-state index contributed by atoms with van der Waals surface area (Å²) in [4.78, 5) is 41.7. The Morgan fingerprint density at radius 1 is 1.15 bits per heavy atom. The van der Waals surface area contributed by atoms with Crippen LogP contribution < -0.4 is 10.6 Å². The molecule has 1 aromatic carbocycles. The van der Waals surface area contributed by atoms with Gasteiger partial charge in [0, 0.05) is 11.6 Å². The molecule has 8 heteroatoms. The lowest BCUT2D eigenvalue weighted by Gasteiger charge is -2.37. The van der Waals surface area contributed by atoms with Crippen molar-refractivity contribution in [1.29, 1.82) is 0 Å². The van der Waals surface area contributed by atoms with E-state index in [9.17, 15) is 19.5 Å². The van der Waals surface area contributed by atoms with Gasteiger partial charge in [0.1, 0.15) is 23.4 Å². The molecule has 0 radical (unpaired) electrons. The van der Waals surface area contributed by atoms with Crippen LogP contribution in [0.1, 0.15) is 86.3 Å². The van der Waals surface area contributed by atoms with Gasteiger partial charge in [0.2, 0.25) is 11.8 Å². The van der Waals surface area contributed by atoms with Gasteiger partial charge in [-0.3, -0.25) is 9.59 Å². The fourth-order valence-electron chi connectivity index (χ4n) is 3.72. The zero-order valence-corrected chi connectivity index (χ0v) is 21.8. The number of nitrogens with zero attached hydrogens (tertiary/aromatic N) is 1. The van der Waals surface area contributed by atoms with Crippen molar-refractivity contribution in [2.75, 3.05) is 0 Å². The second-order valence-corrected chi connectivity index (χ2v) is 11.2. The van der Waals surface area contributed by atoms with E-state index in [-0.39, 0.29) is 29.5 Å². The molecule has 1 aliphatic carbocycles. The van der Waals surface area contributed by atoms with E-state index in [4.69, 9.17) is 4.74 Å². The molecule has 190 valence electrons. The Morgan fingerprint density at radius 3 is 2.24 bits per heavy atom. The Balaban J connectivity index is 2.48. The number of alkyl carbamates (subject to hydrolysis) is 1. The second kappa shape index (κ2) is 10.7. The summed E-state index contributed by atoms with van der Waals surface area (Å²) >= 11 is 0. The molecule has 2 rings (SSSR count). The monoisotopic (exact) mass is 475 g/mol. The molecule has 3 unspecified atom stereocenters. The number of nitrogens with one attached hydrogen (secondary N) is 2. The summed E-state index contributed by atoms with van der Waals surface area (Å²) in [6.07, 6.45) is 1.51. The summed E-state index contributed by atoms with van der Waals surface area (Å²) in [7, 11) is 0. The normalized spacial score (nSPS) is 16.7. The average molecular weight is 476 g/mol. The van der Waals surface area contributed by atoms with Crippen LogP contribution in [0.4, 0.5) is 4.79 Å². The quantitative estimate of drug-likeness (QED) is 0.520. The molecule has 3 N–H and O–H groups in total. The lowest BCUT2D eigenvalue weighted by atomic mass is 9.95. The van der Waals surface area contributed by atoms with Gasteiger partial charge in [-0.25, -0.2) is 4.79 Å². The van der Waals surface area contributed by atoms with Crippen molar-refractivity contribution in [1.82, 2.24) is 15.5 Å². The van der Waals surface area contributed by atoms with Crippen molar-refractivity contribution in [2.45, 2.75) is 104 Å². The number of aromatic hydroxyl groups is 1. The molecule has 3 atom stereocenters. The number of hydrogen-bond donors (Lipinski definition) is 3. The molecule has 0 bridgehead atoms. The molecule has 3 amide bonds. The highest BCUT2D eigenvalue weighted by Gasteiger charge is 2.45. The van der Waals surface area contributed by atoms with Gasteiger partial charge in [0.25, 0.3) is 0 Å². The summed E-state index contributed by atoms with van der Waals surface area (Å²) in [5.74, 6) is -0.838. The number of carbonyl (C=O) groups is 3. The molecule has 34 heavy (non-hydrogen) atoms. The van der Waals surface area contributed by atoms with Gasteiger partial charge in [0.05, 0.1) is 0 Å². The minimum Gasteiger partial charge on any atom is -0.508 e. The van der Waals surface area contributed by atoms with E-state index in [1.165, 1.54) is 12.1 Å². The van der Waals surface area contributed by atoms with Crippen LogP contribution in [0.5, 0.6) is 5.75 Å². The molecular formula is C26H41N3O5. The summed E-state index contributed by atoms with van der Waals surface area (Å²) in [6.45, 7) is 14.7. The molecule has 0 aromatic heterocycles. The van der Waals surface area contributed by atoms with Crippen molar-refractivity contribution in [2.24, 2.45) is 5.92 Å². The maximum atomic E-state index is 14.0. The molecule has 0 saturated heterocycles. The molecule has 8 nitrogen and oxygen atoms in total. The van der Waals surface area contributed by atoms with Gasteiger partial charge in [-0.05, 0) is 78.0 Å². The second-order valence-electron chi connectivity index (χ2n) is 11.2. The zero-order valence-electron chi connectivity index (χ0n) is 21.8. The molecule has 0 spiro atoms. The van der Waals surface area contributed by atoms with Gasteiger partial charge in [-0.15, -0.1) is 0 Å². The fourth-order valence-corrected chi connectivity index (χ4v) is 3.72. The minimum atomic E-state index is -0.946. The van der Waals surface area contributed by atoms with Gasteiger partial charge < -0.3 is 25.4 Å². The van der Waals surface area contributed by atoms with Crippen LogP contribution in [-0.4, -0.2) is 51.1 Å². The number of carbonyl (C=O) groups excluding carboxylic acids is 3. The van der Waals surface area contributed by atoms with Crippen LogP contribution in [0.25, 0.3) is 0 Å². The molecule has 1 saturated carbocycles. The number of rotatable bonds is 8. The smallest absolute Gasteiger partial charge is 0.408 e. The van der Waals surface area contributed by atoms with Crippen molar-refractivity contribution >= 4 is 17.9 Å². The van der Waals surface area contributed by atoms with Gasteiger partial charge >= 0.3 is 6.09 Å². The fraction of sp³-hybridized carbons (Fsp3) is 0.654. The van der Waals surface area contributed by atoms with Crippen LogP contribution in [0, 0.1) is 5.92 Å². The van der Waals surface area contributed by atoms with Gasteiger partial charge in [0.15, 0.2) is 0 Å². The number of hydrogen-bond acceptors (Lipinski definition) is 5. The average Bonchev–Trinajstić information content (AvgIpc) is 3.51. The highest BCUT2D eigenvalue weighted by molar-refractivity contribution is 5.93. The molecule has 0 aliphatic heterocycles. The summed E-state index contributed by atoms with van der Waals surface area (Å²) in [5, 5.41) is 15.8. The van der Waals surface area contributed by atoms with Crippen molar-refractivity contribution in [3.05, 3.63) is 29.8 Å². The van der Waals surface area contributed by atoms with Crippen LogP contribution in [0.2, 0.25) is 0 Å².